The third-order valence-electron chi connectivity index (χ3n) is 0. The highest BCUT2D eigenvalue weighted by molar-refractivity contribution is 7.79. The van der Waals surface area contributed by atoms with E-state index in [0.29, 0.717) is 0 Å². The average molecular weight is 186 g/mol. The molecule has 0 saturated carbocycles. The first-order valence-corrected chi connectivity index (χ1v) is 2.00. The summed E-state index contributed by atoms with van der Waals surface area (Å²) in [6.45, 7) is 0. The molecular formula is H10O9S-2. The largest absolute Gasteiger partial charge is 0.759 e. The summed E-state index contributed by atoms with van der Waals surface area (Å²) in [4.78, 5) is 0. The molecule has 0 heterocycles. The van der Waals surface area contributed by atoms with Gasteiger partial charge in [0.15, 0.2) is 0 Å². The summed E-state index contributed by atoms with van der Waals surface area (Å²) in [6.07, 6.45) is 0. The van der Waals surface area contributed by atoms with Gasteiger partial charge in [0, 0.05) is 10.4 Å². The molecule has 0 atom stereocenters. The van der Waals surface area contributed by atoms with Gasteiger partial charge in [-0.3, -0.25) is 8.42 Å². The molecule has 10 heavy (non-hydrogen) atoms. The summed E-state index contributed by atoms with van der Waals surface area (Å²) in [7, 11) is -5.17. The predicted molar refractivity (Wildman–Crippen MR) is 28.5 cm³/mol. The zero-order valence-corrected chi connectivity index (χ0v) is 5.36. The van der Waals surface area contributed by atoms with E-state index in [1.54, 1.807) is 0 Å². The molecule has 0 unspecified atom stereocenters. The minimum atomic E-state index is -5.17. The van der Waals surface area contributed by atoms with Crippen LogP contribution in [0.5, 0.6) is 0 Å². The monoisotopic (exact) mass is 186 g/mol. The van der Waals surface area contributed by atoms with Crippen molar-refractivity contribution in [3.63, 3.8) is 0 Å². The quantitative estimate of drug-likeness (QED) is 0.265. The molecule has 0 aliphatic heterocycles. The summed E-state index contributed by atoms with van der Waals surface area (Å²) >= 11 is 0. The molecule has 0 rings (SSSR count). The Morgan fingerprint density at radius 1 is 0.700 bits per heavy atom. The third kappa shape index (κ3) is 3130. The lowest BCUT2D eigenvalue weighted by atomic mass is 15.8. The molecule has 72 valence electrons. The van der Waals surface area contributed by atoms with Crippen molar-refractivity contribution < 1.29 is 44.9 Å². The summed E-state index contributed by atoms with van der Waals surface area (Å²) in [6, 6.07) is 0. The van der Waals surface area contributed by atoms with E-state index in [0.717, 1.165) is 0 Å². The second kappa shape index (κ2) is 15.9. The molecule has 0 aromatic rings. The van der Waals surface area contributed by atoms with Crippen LogP contribution in [0.25, 0.3) is 0 Å². The molecule has 0 saturated heterocycles. The maximum absolute atomic E-state index is 8.52. The first-order chi connectivity index (χ1) is 2.00. The van der Waals surface area contributed by atoms with E-state index in [9.17, 15) is 0 Å². The molecule has 0 spiro atoms. The van der Waals surface area contributed by atoms with Gasteiger partial charge in [-0.1, -0.05) is 0 Å². The van der Waals surface area contributed by atoms with Gasteiger partial charge in [0.1, 0.15) is 0 Å². The maximum atomic E-state index is 8.52. The van der Waals surface area contributed by atoms with Gasteiger partial charge in [0.25, 0.3) is 0 Å². The fraction of sp³-hybridized carbons (Fsp3) is 0. The van der Waals surface area contributed by atoms with Crippen LogP contribution in [0.2, 0.25) is 0 Å². The molecule has 0 bridgehead atoms. The van der Waals surface area contributed by atoms with E-state index < -0.39 is 10.4 Å². The lowest BCUT2D eigenvalue weighted by Crippen LogP contribution is -1.91. The second-order valence-corrected chi connectivity index (χ2v) is 1.22. The van der Waals surface area contributed by atoms with E-state index in [-0.39, 0.29) is 27.4 Å². The maximum Gasteiger partial charge on any atom is 0.0311 e. The highest BCUT2D eigenvalue weighted by Crippen LogP contribution is 1.57. The van der Waals surface area contributed by atoms with Crippen LogP contribution >= 0.6 is 0 Å². The summed E-state index contributed by atoms with van der Waals surface area (Å²) < 4.78 is 34.1. The summed E-state index contributed by atoms with van der Waals surface area (Å²) in [5, 5.41) is 0. The molecule has 0 aromatic carbocycles. The highest BCUT2D eigenvalue weighted by Gasteiger charge is 1.49. The molecule has 0 radical (unpaired) electrons. The highest BCUT2D eigenvalue weighted by atomic mass is 32.3. The second-order valence-electron chi connectivity index (χ2n) is 0.408. The number of hydrogen-bond acceptors (Lipinski definition) is 4. The van der Waals surface area contributed by atoms with E-state index >= 15 is 0 Å². The normalized spacial score (nSPS) is 5.80. The van der Waals surface area contributed by atoms with Gasteiger partial charge in [-0.15, -0.1) is 0 Å². The van der Waals surface area contributed by atoms with Gasteiger partial charge in [0.2, 0.25) is 0 Å². The summed E-state index contributed by atoms with van der Waals surface area (Å²) in [5.41, 5.74) is 0. The minimum absolute atomic E-state index is 0. The van der Waals surface area contributed by atoms with E-state index in [1.165, 1.54) is 0 Å². The molecular weight excluding hydrogens is 176 g/mol. The third-order valence-corrected chi connectivity index (χ3v) is 0. The van der Waals surface area contributed by atoms with Gasteiger partial charge in [0.05, 0.1) is 0 Å². The molecule has 0 amide bonds. The van der Waals surface area contributed by atoms with Crippen LogP contribution < -0.4 is 0 Å². The molecule has 0 aromatic heterocycles. The fourth-order valence-electron chi connectivity index (χ4n) is 0. The van der Waals surface area contributed by atoms with Crippen molar-refractivity contribution in [3.05, 3.63) is 0 Å². The van der Waals surface area contributed by atoms with E-state index in [4.69, 9.17) is 17.5 Å². The standard InChI is InChI=1S/H2O4S.5H2O/c1-5(2,3)4;;;;;/h(H2,1,2,3,4);5*1H2/p-2. The lowest BCUT2D eigenvalue weighted by Gasteiger charge is -2.06. The van der Waals surface area contributed by atoms with E-state index in [2.05, 4.69) is 0 Å². The Balaban J connectivity index is -0.00000000800. The van der Waals surface area contributed by atoms with Crippen molar-refractivity contribution >= 4 is 10.4 Å². The van der Waals surface area contributed by atoms with E-state index in [1.807, 2.05) is 0 Å². The van der Waals surface area contributed by atoms with Gasteiger partial charge < -0.3 is 36.5 Å². The van der Waals surface area contributed by atoms with Crippen LogP contribution in [0.15, 0.2) is 0 Å². The van der Waals surface area contributed by atoms with Gasteiger partial charge in [-0.05, 0) is 0 Å². The SMILES string of the molecule is O.O.O.O.O.O=S(=O)([O-])[O-]. The Kier molecular flexibility index (Phi) is 85.6. The van der Waals surface area contributed by atoms with Crippen molar-refractivity contribution in [2.45, 2.75) is 0 Å². The number of hydrogen-bond donors (Lipinski definition) is 0. The number of rotatable bonds is 0. The molecule has 0 fully saturated rings. The molecule has 0 aliphatic rings. The van der Waals surface area contributed by atoms with Crippen molar-refractivity contribution in [2.75, 3.05) is 0 Å². The van der Waals surface area contributed by atoms with Crippen molar-refractivity contribution in [1.82, 2.24) is 0 Å². The fourth-order valence-corrected chi connectivity index (χ4v) is 0. The van der Waals surface area contributed by atoms with Crippen LogP contribution in [0.1, 0.15) is 0 Å². The lowest BCUT2D eigenvalue weighted by molar-refractivity contribution is 0.352. The molecule has 10 N–H and O–H groups in total. The molecule has 10 heteroatoms. The van der Waals surface area contributed by atoms with Gasteiger partial charge >= 0.3 is 0 Å². The zero-order chi connectivity index (χ0) is 4.50. The van der Waals surface area contributed by atoms with Crippen LogP contribution in [-0.4, -0.2) is 44.9 Å². The Labute approximate surface area is 56.4 Å². The van der Waals surface area contributed by atoms with Crippen molar-refractivity contribution in [2.24, 2.45) is 0 Å². The van der Waals surface area contributed by atoms with Gasteiger partial charge in [-0.25, -0.2) is 0 Å². The first kappa shape index (κ1) is 54.0. The first-order valence-electron chi connectivity index (χ1n) is 0.667. The Morgan fingerprint density at radius 2 is 0.700 bits per heavy atom. The minimum Gasteiger partial charge on any atom is -0.759 e. The van der Waals surface area contributed by atoms with Crippen LogP contribution in [0, 0.1) is 0 Å². The Morgan fingerprint density at radius 3 is 0.700 bits per heavy atom. The predicted octanol–water partition coefficient (Wildman–Crippen LogP) is -5.46. The van der Waals surface area contributed by atoms with Crippen LogP contribution in [0.4, 0.5) is 0 Å². The Hall–Kier alpha value is -0.330. The van der Waals surface area contributed by atoms with Crippen molar-refractivity contribution in [1.29, 1.82) is 0 Å². The average Bonchev–Trinajstić information content (AvgIpc) is 0.722. The smallest absolute Gasteiger partial charge is 0.0311 e. The molecule has 0 aliphatic carbocycles. The topological polar surface area (TPSA) is 238 Å². The summed E-state index contributed by atoms with van der Waals surface area (Å²) in [5.74, 6) is 0. The molecule has 9 nitrogen and oxygen atoms in total. The van der Waals surface area contributed by atoms with Crippen molar-refractivity contribution in [3.8, 4) is 0 Å². The van der Waals surface area contributed by atoms with Gasteiger partial charge in [-0.2, -0.15) is 0 Å². The van der Waals surface area contributed by atoms with Crippen LogP contribution in [-0.2, 0) is 10.4 Å². The van der Waals surface area contributed by atoms with Crippen LogP contribution in [0.3, 0.4) is 0 Å². The Bertz CT molecular complexity index is 87.9. The zero-order valence-electron chi connectivity index (χ0n) is 4.54.